The van der Waals surface area contributed by atoms with Crippen LogP contribution in [0.25, 0.3) is 0 Å². The topological polar surface area (TPSA) is 83.6 Å². The Morgan fingerprint density at radius 1 is 1.25 bits per heavy atom. The van der Waals surface area contributed by atoms with Gasteiger partial charge in [0.05, 0.1) is 10.6 Å². The zero-order valence-electron chi connectivity index (χ0n) is 17.2. The fourth-order valence-corrected chi connectivity index (χ4v) is 3.59. The number of hydrogen-bond acceptors (Lipinski definition) is 5. The maximum absolute atomic E-state index is 12.8. The van der Waals surface area contributed by atoms with E-state index in [-0.39, 0.29) is 35.2 Å². The normalized spacial score (nSPS) is 14.7. The van der Waals surface area contributed by atoms with Crippen molar-refractivity contribution < 1.29 is 27.5 Å². The number of anilines is 2. The van der Waals surface area contributed by atoms with Crippen molar-refractivity contribution in [1.82, 2.24) is 10.3 Å². The Kier molecular flexibility index (Phi) is 7.44. The first-order chi connectivity index (χ1) is 15.2. The van der Waals surface area contributed by atoms with Gasteiger partial charge >= 0.3 is 6.18 Å². The first-order valence-electron chi connectivity index (χ1n) is 9.89. The number of carbonyl (C=O) groups is 2. The molecule has 32 heavy (non-hydrogen) atoms. The van der Waals surface area contributed by atoms with Gasteiger partial charge in [-0.25, -0.2) is 4.98 Å². The van der Waals surface area contributed by atoms with Crippen LogP contribution in [-0.2, 0) is 15.8 Å². The number of likely N-dealkylation sites (N-methyl/N-ethyl adjacent to an activating group) is 1. The molecule has 2 N–H and O–H groups in total. The lowest BCUT2D eigenvalue weighted by atomic mass is 9.95. The summed E-state index contributed by atoms with van der Waals surface area (Å²) in [6.45, 7) is 0.740. The third kappa shape index (κ3) is 6.03. The molecule has 172 valence electrons. The number of piperidine rings is 1. The van der Waals surface area contributed by atoms with Crippen LogP contribution in [-0.4, -0.2) is 43.5 Å². The summed E-state index contributed by atoms with van der Waals surface area (Å²) in [4.78, 5) is 29.6. The molecule has 0 aliphatic carbocycles. The van der Waals surface area contributed by atoms with E-state index >= 15 is 0 Å². The van der Waals surface area contributed by atoms with Gasteiger partial charge in [-0.2, -0.15) is 13.2 Å². The third-order valence-corrected chi connectivity index (χ3v) is 5.34. The number of benzene rings is 1. The maximum Gasteiger partial charge on any atom is 0.417 e. The van der Waals surface area contributed by atoms with Gasteiger partial charge in [-0.1, -0.05) is 17.7 Å². The second-order valence-corrected chi connectivity index (χ2v) is 7.67. The van der Waals surface area contributed by atoms with Gasteiger partial charge in [0.1, 0.15) is 11.6 Å². The average Bonchev–Trinajstić information content (AvgIpc) is 2.77. The first kappa shape index (κ1) is 23.6. The van der Waals surface area contributed by atoms with Gasteiger partial charge in [0.15, 0.2) is 6.61 Å². The van der Waals surface area contributed by atoms with Crippen molar-refractivity contribution in [3.8, 4) is 5.75 Å². The zero-order chi connectivity index (χ0) is 23.3. The van der Waals surface area contributed by atoms with Crippen LogP contribution in [0.4, 0.5) is 24.7 Å². The SMILES string of the molecule is CNC(=O)COc1cccc(NC(=O)C2CCN(c3ncc(C(F)(F)F)cc3Cl)CC2)c1. The Balaban J connectivity index is 1.55. The number of halogens is 4. The molecule has 3 rings (SSSR count). The Labute approximate surface area is 187 Å². The lowest BCUT2D eigenvalue weighted by molar-refractivity contribution is -0.137. The van der Waals surface area contributed by atoms with Crippen LogP contribution in [0, 0.1) is 5.92 Å². The molecular weight excluding hydrogens is 449 g/mol. The summed E-state index contributed by atoms with van der Waals surface area (Å²) in [7, 11) is 1.51. The predicted octanol–water partition coefficient (Wildman–Crippen LogP) is 3.73. The van der Waals surface area contributed by atoms with E-state index in [1.165, 1.54) is 7.05 Å². The molecule has 0 saturated carbocycles. The van der Waals surface area contributed by atoms with Crippen molar-refractivity contribution >= 4 is 34.9 Å². The Bertz CT molecular complexity index is 979. The minimum absolute atomic E-state index is 0.0729. The highest BCUT2D eigenvalue weighted by molar-refractivity contribution is 6.33. The molecule has 7 nitrogen and oxygen atoms in total. The van der Waals surface area contributed by atoms with Crippen molar-refractivity contribution in [2.75, 3.05) is 37.0 Å². The summed E-state index contributed by atoms with van der Waals surface area (Å²) in [5, 5.41) is 5.22. The van der Waals surface area contributed by atoms with Gasteiger partial charge < -0.3 is 20.3 Å². The fraction of sp³-hybridized carbons (Fsp3) is 0.381. The van der Waals surface area contributed by atoms with E-state index < -0.39 is 11.7 Å². The van der Waals surface area contributed by atoms with Gasteiger partial charge in [0.2, 0.25) is 5.91 Å². The van der Waals surface area contributed by atoms with Crippen LogP contribution >= 0.6 is 11.6 Å². The van der Waals surface area contributed by atoms with Crippen molar-refractivity contribution in [3.63, 3.8) is 0 Å². The molecule has 1 aliphatic rings. The number of rotatable bonds is 6. The van der Waals surface area contributed by atoms with E-state index in [1.54, 1.807) is 29.2 Å². The van der Waals surface area contributed by atoms with E-state index in [1.807, 2.05) is 0 Å². The molecule has 11 heteroatoms. The molecule has 0 radical (unpaired) electrons. The van der Waals surface area contributed by atoms with Gasteiger partial charge in [0, 0.05) is 44.0 Å². The number of carbonyl (C=O) groups excluding carboxylic acids is 2. The number of alkyl halides is 3. The van der Waals surface area contributed by atoms with Crippen LogP contribution in [0.15, 0.2) is 36.5 Å². The highest BCUT2D eigenvalue weighted by Gasteiger charge is 2.33. The molecule has 1 aromatic heterocycles. The van der Waals surface area contributed by atoms with Crippen LogP contribution in [0.3, 0.4) is 0 Å². The van der Waals surface area contributed by atoms with Crippen LogP contribution < -0.4 is 20.3 Å². The number of nitrogens with zero attached hydrogens (tertiary/aromatic N) is 2. The highest BCUT2D eigenvalue weighted by Crippen LogP contribution is 2.34. The smallest absolute Gasteiger partial charge is 0.417 e. The lowest BCUT2D eigenvalue weighted by Crippen LogP contribution is -2.38. The van der Waals surface area contributed by atoms with Crippen molar-refractivity contribution in [3.05, 3.63) is 47.1 Å². The lowest BCUT2D eigenvalue weighted by Gasteiger charge is -2.32. The van der Waals surface area contributed by atoms with Gasteiger partial charge in [-0.15, -0.1) is 0 Å². The number of ether oxygens (including phenoxy) is 1. The second kappa shape index (κ2) is 10.1. The van der Waals surface area contributed by atoms with Gasteiger partial charge in [-0.3, -0.25) is 9.59 Å². The molecule has 1 saturated heterocycles. The summed E-state index contributed by atoms with van der Waals surface area (Å²) in [6, 6.07) is 7.59. The Hall–Kier alpha value is -3.01. The minimum atomic E-state index is -4.51. The summed E-state index contributed by atoms with van der Waals surface area (Å²) in [5.41, 5.74) is -0.360. The number of hydrogen-bond donors (Lipinski definition) is 2. The molecule has 0 unspecified atom stereocenters. The van der Waals surface area contributed by atoms with E-state index in [9.17, 15) is 22.8 Å². The van der Waals surface area contributed by atoms with Crippen LogP contribution in [0.2, 0.25) is 5.02 Å². The summed E-state index contributed by atoms with van der Waals surface area (Å²) < 4.78 is 43.8. The number of amides is 2. The zero-order valence-corrected chi connectivity index (χ0v) is 18.0. The maximum atomic E-state index is 12.8. The molecule has 2 aromatic rings. The molecular formula is C21H22ClF3N4O3. The van der Waals surface area contributed by atoms with Crippen LogP contribution in [0.5, 0.6) is 5.75 Å². The third-order valence-electron chi connectivity index (χ3n) is 5.06. The van der Waals surface area contributed by atoms with Gasteiger partial charge in [0.25, 0.3) is 5.91 Å². The fourth-order valence-electron chi connectivity index (χ4n) is 3.30. The molecule has 0 bridgehead atoms. The number of aromatic nitrogens is 1. The van der Waals surface area contributed by atoms with E-state index in [2.05, 4.69) is 15.6 Å². The quantitative estimate of drug-likeness (QED) is 0.672. The molecule has 1 aliphatic heterocycles. The molecule has 1 aromatic carbocycles. The van der Waals surface area contributed by atoms with Crippen molar-refractivity contribution in [1.29, 1.82) is 0 Å². The van der Waals surface area contributed by atoms with Crippen LogP contribution in [0.1, 0.15) is 18.4 Å². The molecule has 2 amide bonds. The average molecular weight is 471 g/mol. The van der Waals surface area contributed by atoms with Crippen molar-refractivity contribution in [2.24, 2.45) is 5.92 Å². The Morgan fingerprint density at radius 3 is 2.59 bits per heavy atom. The number of nitrogens with one attached hydrogen (secondary N) is 2. The summed E-state index contributed by atoms with van der Waals surface area (Å²) in [5.74, 6) is 0.0204. The van der Waals surface area contributed by atoms with E-state index in [0.717, 1.165) is 12.3 Å². The molecule has 1 fully saturated rings. The second-order valence-electron chi connectivity index (χ2n) is 7.27. The van der Waals surface area contributed by atoms with Gasteiger partial charge in [-0.05, 0) is 31.0 Å². The predicted molar refractivity (Wildman–Crippen MR) is 114 cm³/mol. The number of pyridine rings is 1. The van der Waals surface area contributed by atoms with E-state index in [4.69, 9.17) is 16.3 Å². The minimum Gasteiger partial charge on any atom is -0.484 e. The highest BCUT2D eigenvalue weighted by atomic mass is 35.5. The summed E-state index contributed by atoms with van der Waals surface area (Å²) >= 11 is 6.02. The largest absolute Gasteiger partial charge is 0.484 e. The molecule has 0 atom stereocenters. The summed E-state index contributed by atoms with van der Waals surface area (Å²) in [6.07, 6.45) is -2.75. The first-order valence-corrected chi connectivity index (χ1v) is 10.3. The molecule has 0 spiro atoms. The monoisotopic (exact) mass is 470 g/mol. The van der Waals surface area contributed by atoms with Crippen molar-refractivity contribution in [2.45, 2.75) is 19.0 Å². The standard InChI is InChI=1S/C21H22ClF3N4O3/c1-26-18(30)12-32-16-4-2-3-15(10-16)28-20(31)13-5-7-29(8-6-13)19-17(22)9-14(11-27-19)21(23,24)25/h2-4,9-11,13H,5-8,12H2,1H3,(H,26,30)(H,28,31). The Morgan fingerprint density at radius 2 is 1.97 bits per heavy atom. The molecule has 2 heterocycles. The van der Waals surface area contributed by atoms with E-state index in [0.29, 0.717) is 37.4 Å².